The first-order chi connectivity index (χ1) is 7.90. The van der Waals surface area contributed by atoms with E-state index in [9.17, 15) is 0 Å². The van der Waals surface area contributed by atoms with E-state index in [-0.39, 0.29) is 0 Å². The molecule has 1 saturated carbocycles. The molecule has 2 rings (SSSR count). The summed E-state index contributed by atoms with van der Waals surface area (Å²) >= 11 is 0. The van der Waals surface area contributed by atoms with Gasteiger partial charge in [0.25, 0.3) is 0 Å². The van der Waals surface area contributed by atoms with E-state index in [4.69, 9.17) is 4.52 Å². The molecule has 1 aromatic rings. The third kappa shape index (κ3) is 3.04. The average molecular weight is 223 g/mol. The molecule has 0 atom stereocenters. The SMILES string of the molecule is CCCNCc1nc(C2CCCCC2)no1. The van der Waals surface area contributed by atoms with E-state index in [1.54, 1.807) is 0 Å². The normalized spacial score (nSPS) is 17.8. The van der Waals surface area contributed by atoms with Crippen LogP contribution in [0.3, 0.4) is 0 Å². The molecule has 1 aliphatic rings. The Balaban J connectivity index is 1.85. The Kier molecular flexibility index (Phi) is 4.34. The Morgan fingerprint density at radius 3 is 2.88 bits per heavy atom. The first-order valence-electron chi connectivity index (χ1n) is 6.43. The summed E-state index contributed by atoms with van der Waals surface area (Å²) in [5, 5.41) is 7.36. The predicted molar refractivity (Wildman–Crippen MR) is 62.1 cm³/mol. The minimum absolute atomic E-state index is 0.539. The Bertz CT molecular complexity index is 305. The van der Waals surface area contributed by atoms with Gasteiger partial charge in [0, 0.05) is 5.92 Å². The van der Waals surface area contributed by atoms with E-state index in [1.807, 2.05) is 0 Å². The summed E-state index contributed by atoms with van der Waals surface area (Å²) in [6, 6.07) is 0. The average Bonchev–Trinajstić information content (AvgIpc) is 2.79. The third-order valence-electron chi connectivity index (χ3n) is 3.16. The first kappa shape index (κ1) is 11.6. The van der Waals surface area contributed by atoms with Crippen LogP contribution >= 0.6 is 0 Å². The van der Waals surface area contributed by atoms with Crippen LogP contribution in [0.1, 0.15) is 63.1 Å². The van der Waals surface area contributed by atoms with Crippen LogP contribution in [0.4, 0.5) is 0 Å². The Labute approximate surface area is 96.8 Å². The van der Waals surface area contributed by atoms with Crippen molar-refractivity contribution in [3.63, 3.8) is 0 Å². The second-order valence-corrected chi connectivity index (χ2v) is 4.56. The molecular weight excluding hydrogens is 202 g/mol. The number of nitrogens with one attached hydrogen (secondary N) is 1. The van der Waals surface area contributed by atoms with Crippen molar-refractivity contribution in [1.82, 2.24) is 15.5 Å². The Morgan fingerprint density at radius 2 is 2.12 bits per heavy atom. The lowest BCUT2D eigenvalue weighted by Gasteiger charge is -2.17. The van der Waals surface area contributed by atoms with Crippen molar-refractivity contribution in [2.75, 3.05) is 6.54 Å². The van der Waals surface area contributed by atoms with E-state index < -0.39 is 0 Å². The lowest BCUT2D eigenvalue weighted by atomic mass is 9.89. The predicted octanol–water partition coefficient (Wildman–Crippen LogP) is 2.62. The molecule has 4 nitrogen and oxygen atoms in total. The largest absolute Gasteiger partial charge is 0.338 e. The van der Waals surface area contributed by atoms with E-state index in [0.717, 1.165) is 24.7 Å². The molecule has 16 heavy (non-hydrogen) atoms. The maximum absolute atomic E-state index is 5.24. The van der Waals surface area contributed by atoms with Crippen molar-refractivity contribution in [1.29, 1.82) is 0 Å². The van der Waals surface area contributed by atoms with Gasteiger partial charge in [0.1, 0.15) is 0 Å². The smallest absolute Gasteiger partial charge is 0.240 e. The molecule has 0 radical (unpaired) electrons. The van der Waals surface area contributed by atoms with E-state index in [0.29, 0.717) is 12.5 Å². The van der Waals surface area contributed by atoms with Crippen LogP contribution in [0.2, 0.25) is 0 Å². The van der Waals surface area contributed by atoms with Crippen LogP contribution in [-0.4, -0.2) is 16.7 Å². The number of rotatable bonds is 5. The molecular formula is C12H21N3O. The molecule has 1 aromatic heterocycles. The van der Waals surface area contributed by atoms with Crippen molar-refractivity contribution >= 4 is 0 Å². The summed E-state index contributed by atoms with van der Waals surface area (Å²) in [6.07, 6.45) is 7.55. The van der Waals surface area contributed by atoms with Crippen LogP contribution in [0.5, 0.6) is 0 Å². The second-order valence-electron chi connectivity index (χ2n) is 4.56. The molecule has 90 valence electrons. The van der Waals surface area contributed by atoms with Crippen molar-refractivity contribution in [3.8, 4) is 0 Å². The maximum atomic E-state index is 5.24. The zero-order valence-electron chi connectivity index (χ0n) is 10.0. The fourth-order valence-corrected chi connectivity index (χ4v) is 2.24. The summed E-state index contributed by atoms with van der Waals surface area (Å²) < 4.78 is 5.24. The molecule has 1 N–H and O–H groups in total. The first-order valence-corrected chi connectivity index (χ1v) is 6.43. The summed E-state index contributed by atoms with van der Waals surface area (Å²) in [6.45, 7) is 3.85. The van der Waals surface area contributed by atoms with Gasteiger partial charge in [0.05, 0.1) is 6.54 Å². The third-order valence-corrected chi connectivity index (χ3v) is 3.16. The quantitative estimate of drug-likeness (QED) is 0.780. The second kappa shape index (κ2) is 5.99. The van der Waals surface area contributed by atoms with E-state index in [2.05, 4.69) is 22.4 Å². The van der Waals surface area contributed by atoms with Gasteiger partial charge in [-0.3, -0.25) is 0 Å². The highest BCUT2D eigenvalue weighted by Crippen LogP contribution is 2.30. The number of hydrogen-bond donors (Lipinski definition) is 1. The lowest BCUT2D eigenvalue weighted by Crippen LogP contribution is -2.14. The molecule has 0 amide bonds. The number of aromatic nitrogens is 2. The Hall–Kier alpha value is -0.900. The van der Waals surface area contributed by atoms with Gasteiger partial charge in [-0.15, -0.1) is 0 Å². The van der Waals surface area contributed by atoms with Gasteiger partial charge in [-0.1, -0.05) is 31.3 Å². The van der Waals surface area contributed by atoms with Crippen LogP contribution in [-0.2, 0) is 6.54 Å². The molecule has 1 fully saturated rings. The molecule has 1 heterocycles. The van der Waals surface area contributed by atoms with Crippen LogP contribution in [0.15, 0.2) is 4.52 Å². The maximum Gasteiger partial charge on any atom is 0.240 e. The topological polar surface area (TPSA) is 51.0 Å². The van der Waals surface area contributed by atoms with Gasteiger partial charge in [-0.2, -0.15) is 4.98 Å². The molecule has 0 bridgehead atoms. The Morgan fingerprint density at radius 1 is 1.31 bits per heavy atom. The van der Waals surface area contributed by atoms with Crippen molar-refractivity contribution in [3.05, 3.63) is 11.7 Å². The fourth-order valence-electron chi connectivity index (χ4n) is 2.24. The van der Waals surface area contributed by atoms with Crippen LogP contribution < -0.4 is 5.32 Å². The summed E-state index contributed by atoms with van der Waals surface area (Å²) in [4.78, 5) is 4.47. The van der Waals surface area contributed by atoms with Crippen molar-refractivity contribution in [2.24, 2.45) is 0 Å². The van der Waals surface area contributed by atoms with E-state index >= 15 is 0 Å². The number of hydrogen-bond acceptors (Lipinski definition) is 4. The lowest BCUT2D eigenvalue weighted by molar-refractivity contribution is 0.351. The summed E-state index contributed by atoms with van der Waals surface area (Å²) in [5.41, 5.74) is 0. The zero-order chi connectivity index (χ0) is 11.2. The molecule has 1 aliphatic carbocycles. The van der Waals surface area contributed by atoms with Gasteiger partial charge < -0.3 is 9.84 Å². The van der Waals surface area contributed by atoms with Crippen molar-refractivity contribution < 1.29 is 4.52 Å². The molecule has 4 heteroatoms. The summed E-state index contributed by atoms with van der Waals surface area (Å²) in [5.74, 6) is 2.19. The molecule has 0 aromatic carbocycles. The molecule has 0 saturated heterocycles. The van der Waals surface area contributed by atoms with Crippen LogP contribution in [0.25, 0.3) is 0 Å². The highest BCUT2D eigenvalue weighted by molar-refractivity contribution is 4.96. The van der Waals surface area contributed by atoms with Gasteiger partial charge >= 0.3 is 0 Å². The molecule has 0 unspecified atom stereocenters. The van der Waals surface area contributed by atoms with Crippen LogP contribution in [0, 0.1) is 0 Å². The minimum Gasteiger partial charge on any atom is -0.338 e. The van der Waals surface area contributed by atoms with E-state index in [1.165, 1.54) is 32.1 Å². The van der Waals surface area contributed by atoms with Gasteiger partial charge in [0.15, 0.2) is 5.82 Å². The number of nitrogens with zero attached hydrogens (tertiary/aromatic N) is 2. The fraction of sp³-hybridized carbons (Fsp3) is 0.833. The monoisotopic (exact) mass is 223 g/mol. The highest BCUT2D eigenvalue weighted by Gasteiger charge is 2.20. The standard InChI is InChI=1S/C12H21N3O/c1-2-8-13-9-11-14-12(15-16-11)10-6-4-3-5-7-10/h10,13H,2-9H2,1H3. The minimum atomic E-state index is 0.539. The van der Waals surface area contributed by atoms with Gasteiger partial charge in [-0.05, 0) is 25.8 Å². The molecule has 0 spiro atoms. The van der Waals surface area contributed by atoms with Gasteiger partial charge in [-0.25, -0.2) is 0 Å². The summed E-state index contributed by atoms with van der Waals surface area (Å²) in [7, 11) is 0. The van der Waals surface area contributed by atoms with Gasteiger partial charge in [0.2, 0.25) is 5.89 Å². The highest BCUT2D eigenvalue weighted by atomic mass is 16.5. The zero-order valence-corrected chi connectivity index (χ0v) is 10.0. The molecule has 0 aliphatic heterocycles. The van der Waals surface area contributed by atoms with Crippen molar-refractivity contribution in [2.45, 2.75) is 57.9 Å².